The van der Waals surface area contributed by atoms with Gasteiger partial charge < -0.3 is 19.2 Å². The van der Waals surface area contributed by atoms with Crippen molar-refractivity contribution < 1.29 is 31.6 Å². The van der Waals surface area contributed by atoms with Crippen LogP contribution in [0.1, 0.15) is 11.3 Å². The van der Waals surface area contributed by atoms with Gasteiger partial charge in [0.1, 0.15) is 5.75 Å². The molecular formula is C17H14F3N3O4S. The number of nitrogens with one attached hydrogen (secondary N) is 1. The molecule has 0 saturated heterocycles. The third kappa shape index (κ3) is 3.26. The number of aryl methyl sites for hydroxylation is 1. The molecule has 1 aliphatic heterocycles. The maximum absolute atomic E-state index is 13.3. The van der Waals surface area contributed by atoms with Crippen LogP contribution in [0.5, 0.6) is 17.2 Å². The van der Waals surface area contributed by atoms with Crippen LogP contribution in [0.3, 0.4) is 0 Å². The second kappa shape index (κ2) is 6.66. The molecule has 0 aliphatic carbocycles. The van der Waals surface area contributed by atoms with Crippen LogP contribution in [0, 0.1) is 6.92 Å². The van der Waals surface area contributed by atoms with Crippen LogP contribution in [0.4, 0.5) is 13.2 Å². The Hall–Kier alpha value is -2.82. The molecule has 2 atom stereocenters. The average molecular weight is 413 g/mol. The molecule has 3 aromatic rings. The first-order valence-electron chi connectivity index (χ1n) is 8.06. The number of imidazole rings is 1. The van der Waals surface area contributed by atoms with Crippen molar-refractivity contribution in [1.29, 1.82) is 0 Å². The van der Waals surface area contributed by atoms with Crippen molar-refractivity contribution in [3.63, 3.8) is 0 Å². The van der Waals surface area contributed by atoms with Crippen LogP contribution in [-0.4, -0.2) is 38.7 Å². The first-order valence-corrected chi connectivity index (χ1v) is 9.38. The van der Waals surface area contributed by atoms with E-state index in [-0.39, 0.29) is 27.9 Å². The number of ether oxygens (including phenoxy) is 3. The summed E-state index contributed by atoms with van der Waals surface area (Å²) in [5, 5.41) is 0.113. The van der Waals surface area contributed by atoms with E-state index in [0.717, 1.165) is 5.56 Å². The van der Waals surface area contributed by atoms with Gasteiger partial charge in [-0.05, 0) is 6.92 Å². The number of fused-ring (bicyclic) bond motifs is 2. The van der Waals surface area contributed by atoms with Gasteiger partial charge in [0.25, 0.3) is 0 Å². The lowest BCUT2D eigenvalue weighted by Crippen LogP contribution is -2.43. The predicted octanol–water partition coefficient (Wildman–Crippen LogP) is 3.24. The number of nitrogens with zero attached hydrogens (tertiary/aromatic N) is 2. The fourth-order valence-corrected chi connectivity index (χ4v) is 3.68. The van der Waals surface area contributed by atoms with Crippen LogP contribution in [0.2, 0.25) is 0 Å². The molecule has 4 rings (SSSR count). The smallest absolute Gasteiger partial charge is 0.468 e. The second-order valence-corrected chi connectivity index (χ2v) is 7.46. The largest absolute Gasteiger partial charge is 0.496 e. The first-order chi connectivity index (χ1) is 13.3. The highest BCUT2D eigenvalue weighted by Crippen LogP contribution is 2.42. The second-order valence-electron chi connectivity index (χ2n) is 6.09. The molecule has 3 heterocycles. The molecule has 7 nitrogen and oxygen atoms in total. The molecule has 0 fully saturated rings. The number of halogens is 3. The first kappa shape index (κ1) is 18.5. The molecule has 0 bridgehead atoms. The zero-order valence-electron chi connectivity index (χ0n) is 14.7. The molecule has 11 heteroatoms. The van der Waals surface area contributed by atoms with Crippen LogP contribution in [0.25, 0.3) is 11.0 Å². The summed E-state index contributed by atoms with van der Waals surface area (Å²) in [7, 11) is -0.0688. The van der Waals surface area contributed by atoms with E-state index in [0.29, 0.717) is 17.0 Å². The number of pyridine rings is 1. The minimum absolute atomic E-state index is 0.0633. The van der Waals surface area contributed by atoms with Crippen molar-refractivity contribution in [2.24, 2.45) is 0 Å². The van der Waals surface area contributed by atoms with E-state index in [2.05, 4.69) is 24.4 Å². The minimum atomic E-state index is -4.09. The number of rotatable bonds is 4. The van der Waals surface area contributed by atoms with Crippen molar-refractivity contribution in [2.45, 2.75) is 30.3 Å². The van der Waals surface area contributed by atoms with Crippen LogP contribution in [0.15, 0.2) is 29.6 Å². The van der Waals surface area contributed by atoms with Gasteiger partial charge in [-0.2, -0.15) is 13.2 Å². The van der Waals surface area contributed by atoms with E-state index in [4.69, 9.17) is 4.74 Å². The number of H-pyrrole nitrogens is 1. The summed E-state index contributed by atoms with van der Waals surface area (Å²) in [4.78, 5) is 11.2. The third-order valence-electron chi connectivity index (χ3n) is 4.09. The van der Waals surface area contributed by atoms with Gasteiger partial charge in [-0.15, -0.1) is 0 Å². The Bertz CT molecular complexity index is 1090. The zero-order chi connectivity index (χ0) is 20.1. The number of alkyl halides is 3. The fraction of sp³-hybridized carbons (Fsp3) is 0.294. The van der Waals surface area contributed by atoms with Gasteiger partial charge in [-0.1, -0.05) is 0 Å². The summed E-state index contributed by atoms with van der Waals surface area (Å²) in [5.74, 6) is 0.139. The SMILES string of the molecule is COc1cc(CS(=O)c2nc3cc4c(cc3[nH]2)OC(F)(F)C(F)O4)ncc1C. The normalized spacial score (nSPS) is 18.8. The molecule has 1 aromatic carbocycles. The van der Waals surface area contributed by atoms with Crippen LogP contribution < -0.4 is 14.2 Å². The summed E-state index contributed by atoms with van der Waals surface area (Å²) in [6.45, 7) is 1.84. The summed E-state index contributed by atoms with van der Waals surface area (Å²) < 4.78 is 66.8. The number of hydrogen-bond donors (Lipinski definition) is 1. The summed E-state index contributed by atoms with van der Waals surface area (Å²) in [5.41, 5.74) is 1.95. The van der Waals surface area contributed by atoms with E-state index < -0.39 is 23.3 Å². The lowest BCUT2D eigenvalue weighted by Gasteiger charge is -2.28. The minimum Gasteiger partial charge on any atom is -0.496 e. The molecule has 148 valence electrons. The van der Waals surface area contributed by atoms with Crippen molar-refractivity contribution >= 4 is 21.8 Å². The topological polar surface area (TPSA) is 86.3 Å². The Balaban J connectivity index is 1.62. The van der Waals surface area contributed by atoms with Gasteiger partial charge in [0.2, 0.25) is 0 Å². The van der Waals surface area contributed by atoms with E-state index in [1.807, 2.05) is 6.92 Å². The van der Waals surface area contributed by atoms with Crippen molar-refractivity contribution in [2.75, 3.05) is 7.11 Å². The lowest BCUT2D eigenvalue weighted by atomic mass is 10.2. The molecule has 0 radical (unpaired) electrons. The maximum atomic E-state index is 13.3. The average Bonchev–Trinajstić information content (AvgIpc) is 3.05. The molecular weight excluding hydrogens is 399 g/mol. The Kier molecular flexibility index (Phi) is 4.41. The molecule has 28 heavy (non-hydrogen) atoms. The van der Waals surface area contributed by atoms with Crippen molar-refractivity contribution in [3.05, 3.63) is 35.7 Å². The van der Waals surface area contributed by atoms with Gasteiger partial charge >= 0.3 is 12.5 Å². The summed E-state index contributed by atoms with van der Waals surface area (Å²) in [6, 6.07) is 4.13. The van der Waals surface area contributed by atoms with Gasteiger partial charge in [0.15, 0.2) is 16.7 Å². The Morgan fingerprint density at radius 3 is 2.86 bits per heavy atom. The van der Waals surface area contributed by atoms with Crippen molar-refractivity contribution in [3.8, 4) is 17.2 Å². The molecule has 0 spiro atoms. The van der Waals surface area contributed by atoms with E-state index in [1.165, 1.54) is 19.2 Å². The fourth-order valence-electron chi connectivity index (χ4n) is 2.69. The van der Waals surface area contributed by atoms with E-state index in [1.54, 1.807) is 12.3 Å². The van der Waals surface area contributed by atoms with Gasteiger partial charge in [0.05, 0.1) is 40.4 Å². The van der Waals surface area contributed by atoms with Crippen LogP contribution >= 0.6 is 0 Å². The molecule has 0 saturated carbocycles. The standard InChI is InChI=1S/C17H14F3N3O4S/c1-8-6-21-9(3-12(8)25-2)7-28(24)16-22-10-4-13-14(5-11(10)23-16)27-17(19,20)15(18)26-13/h3-6,15H,7H2,1-2H3,(H,22,23). The van der Waals surface area contributed by atoms with E-state index >= 15 is 0 Å². The Labute approximate surface area is 159 Å². The number of aromatic amines is 1. The number of benzene rings is 1. The molecule has 1 N–H and O–H groups in total. The molecule has 0 amide bonds. The Morgan fingerprint density at radius 2 is 2.11 bits per heavy atom. The quantitative estimate of drug-likeness (QED) is 0.707. The van der Waals surface area contributed by atoms with Gasteiger partial charge in [-0.3, -0.25) is 9.19 Å². The monoisotopic (exact) mass is 413 g/mol. The van der Waals surface area contributed by atoms with Gasteiger partial charge in [0, 0.05) is 30.0 Å². The lowest BCUT2D eigenvalue weighted by molar-refractivity contribution is -0.281. The summed E-state index contributed by atoms with van der Waals surface area (Å²) in [6.07, 6.45) is -5.41. The molecule has 2 unspecified atom stereocenters. The maximum Gasteiger partial charge on any atom is 0.468 e. The highest BCUT2D eigenvalue weighted by atomic mass is 32.2. The zero-order valence-corrected chi connectivity index (χ0v) is 15.5. The summed E-state index contributed by atoms with van der Waals surface area (Å²) >= 11 is 0. The third-order valence-corrected chi connectivity index (χ3v) is 5.27. The van der Waals surface area contributed by atoms with Crippen molar-refractivity contribution in [1.82, 2.24) is 15.0 Å². The highest BCUT2D eigenvalue weighted by Gasteiger charge is 2.49. The highest BCUT2D eigenvalue weighted by molar-refractivity contribution is 7.84. The van der Waals surface area contributed by atoms with Crippen LogP contribution in [-0.2, 0) is 16.6 Å². The Morgan fingerprint density at radius 1 is 1.32 bits per heavy atom. The van der Waals surface area contributed by atoms with E-state index in [9.17, 15) is 17.4 Å². The number of hydrogen-bond acceptors (Lipinski definition) is 6. The number of methoxy groups -OCH3 is 1. The molecule has 1 aliphatic rings. The molecule has 2 aromatic heterocycles. The predicted molar refractivity (Wildman–Crippen MR) is 92.8 cm³/mol. The van der Waals surface area contributed by atoms with Gasteiger partial charge in [-0.25, -0.2) is 4.98 Å². The number of aromatic nitrogens is 3.